The molecule has 2 N–H and O–H groups in total. The van der Waals surface area contributed by atoms with Crippen LogP contribution >= 0.6 is 0 Å². The topological polar surface area (TPSA) is 75.6 Å². The molecule has 1 atom stereocenters. The zero-order valence-corrected chi connectivity index (χ0v) is 12.1. The maximum absolute atomic E-state index is 11.6. The van der Waals surface area contributed by atoms with Gasteiger partial charge >= 0.3 is 5.97 Å². The molecule has 0 unspecified atom stereocenters. The number of carboxylic acid groups (broad SMARTS) is 1. The van der Waals surface area contributed by atoms with E-state index in [2.05, 4.69) is 19.2 Å². The lowest BCUT2D eigenvalue weighted by Crippen LogP contribution is -2.39. The molecule has 0 saturated carbocycles. The highest BCUT2D eigenvalue weighted by Gasteiger charge is 2.13. The predicted octanol–water partition coefficient (Wildman–Crippen LogP) is 1.85. The van der Waals surface area contributed by atoms with Crippen LogP contribution in [0, 0.1) is 5.92 Å². The first-order valence-electron chi connectivity index (χ1n) is 6.62. The van der Waals surface area contributed by atoms with Gasteiger partial charge in [-0.15, -0.1) is 0 Å². The second-order valence-corrected chi connectivity index (χ2v) is 5.15. The van der Waals surface area contributed by atoms with Gasteiger partial charge in [-0.25, -0.2) is 0 Å². The summed E-state index contributed by atoms with van der Waals surface area (Å²) in [5.41, 5.74) is 0.817. The number of hydrogen-bond donors (Lipinski definition) is 2. The molecule has 5 nitrogen and oxygen atoms in total. The zero-order chi connectivity index (χ0) is 15.1. The van der Waals surface area contributed by atoms with Gasteiger partial charge in [0.1, 0.15) is 11.8 Å². The smallest absolute Gasteiger partial charge is 0.325 e. The summed E-state index contributed by atoms with van der Waals surface area (Å²) in [5.74, 6) is -0.133. The Morgan fingerprint density at radius 2 is 1.80 bits per heavy atom. The van der Waals surface area contributed by atoms with Gasteiger partial charge in [-0.3, -0.25) is 9.59 Å². The summed E-state index contributed by atoms with van der Waals surface area (Å²) in [4.78, 5) is 22.2. The van der Waals surface area contributed by atoms with E-state index in [1.807, 2.05) is 12.1 Å². The van der Waals surface area contributed by atoms with E-state index < -0.39 is 12.0 Å². The largest absolute Gasteiger partial charge is 0.493 e. The van der Waals surface area contributed by atoms with Crippen LogP contribution in [-0.4, -0.2) is 29.6 Å². The molecular formula is C15H21NO4. The van der Waals surface area contributed by atoms with Crippen molar-refractivity contribution in [3.8, 4) is 5.75 Å². The maximum atomic E-state index is 11.6. The van der Waals surface area contributed by atoms with Gasteiger partial charge < -0.3 is 15.2 Å². The van der Waals surface area contributed by atoms with Crippen LogP contribution in [0.1, 0.15) is 26.3 Å². The average molecular weight is 279 g/mol. The van der Waals surface area contributed by atoms with Gasteiger partial charge in [0.2, 0.25) is 5.91 Å². The first kappa shape index (κ1) is 16.0. The molecule has 1 aromatic rings. The van der Waals surface area contributed by atoms with Crippen molar-refractivity contribution in [3.63, 3.8) is 0 Å². The number of amides is 1. The summed E-state index contributed by atoms with van der Waals surface area (Å²) in [6, 6.07) is 6.36. The predicted molar refractivity (Wildman–Crippen MR) is 75.7 cm³/mol. The molecule has 0 saturated heterocycles. The van der Waals surface area contributed by atoms with Crippen molar-refractivity contribution in [3.05, 3.63) is 29.8 Å². The number of ether oxygens (including phenoxy) is 1. The van der Waals surface area contributed by atoms with E-state index in [0.717, 1.165) is 11.3 Å². The van der Waals surface area contributed by atoms with Gasteiger partial charge in [-0.2, -0.15) is 0 Å². The van der Waals surface area contributed by atoms with Gasteiger partial charge in [0.05, 0.1) is 13.0 Å². The van der Waals surface area contributed by atoms with Crippen molar-refractivity contribution in [1.29, 1.82) is 0 Å². The molecule has 110 valence electrons. The van der Waals surface area contributed by atoms with Crippen LogP contribution in [0.3, 0.4) is 0 Å². The molecule has 1 rings (SSSR count). The fraction of sp³-hybridized carbons (Fsp3) is 0.467. The monoisotopic (exact) mass is 279 g/mol. The van der Waals surface area contributed by atoms with Crippen LogP contribution in [0.25, 0.3) is 0 Å². The van der Waals surface area contributed by atoms with Gasteiger partial charge in [-0.1, -0.05) is 26.0 Å². The minimum Gasteiger partial charge on any atom is -0.493 e. The first-order valence-corrected chi connectivity index (χ1v) is 6.62. The molecule has 0 radical (unpaired) electrons. The SMILES string of the molecule is CC(C)COc1ccc(CC(=O)N[C@H](C)C(=O)O)cc1. The van der Waals surface area contributed by atoms with Crippen LogP contribution in [0.15, 0.2) is 24.3 Å². The van der Waals surface area contributed by atoms with Gasteiger partial charge in [0.15, 0.2) is 0 Å². The van der Waals surface area contributed by atoms with Crippen LogP contribution < -0.4 is 10.1 Å². The summed E-state index contributed by atoms with van der Waals surface area (Å²) in [7, 11) is 0. The number of carboxylic acids is 1. The molecule has 0 aliphatic heterocycles. The Bertz CT molecular complexity index is 453. The van der Waals surface area contributed by atoms with Crippen LogP contribution in [0.4, 0.5) is 0 Å². The summed E-state index contributed by atoms with van der Waals surface area (Å²) in [5, 5.41) is 11.1. The minimum atomic E-state index is -1.05. The van der Waals surface area contributed by atoms with Crippen LogP contribution in [-0.2, 0) is 16.0 Å². The van der Waals surface area contributed by atoms with E-state index >= 15 is 0 Å². The third-order valence-corrected chi connectivity index (χ3v) is 2.62. The Hall–Kier alpha value is -2.04. The van der Waals surface area contributed by atoms with Crippen molar-refractivity contribution in [2.45, 2.75) is 33.2 Å². The van der Waals surface area contributed by atoms with Crippen LogP contribution in [0.5, 0.6) is 5.75 Å². The lowest BCUT2D eigenvalue weighted by atomic mass is 10.1. The highest BCUT2D eigenvalue weighted by Crippen LogP contribution is 2.13. The molecular weight excluding hydrogens is 258 g/mol. The Morgan fingerprint density at radius 3 is 2.30 bits per heavy atom. The molecule has 0 fully saturated rings. The van der Waals surface area contributed by atoms with Gasteiger partial charge in [-0.05, 0) is 30.5 Å². The van der Waals surface area contributed by atoms with Gasteiger partial charge in [0.25, 0.3) is 0 Å². The fourth-order valence-corrected chi connectivity index (χ4v) is 1.51. The molecule has 1 amide bonds. The number of nitrogens with one attached hydrogen (secondary N) is 1. The Kier molecular flexibility index (Phi) is 6.03. The third-order valence-electron chi connectivity index (χ3n) is 2.62. The molecule has 0 heterocycles. The third kappa shape index (κ3) is 5.73. The normalized spacial score (nSPS) is 12.0. The molecule has 0 bridgehead atoms. The Labute approximate surface area is 118 Å². The number of carbonyl (C=O) groups is 2. The summed E-state index contributed by atoms with van der Waals surface area (Å²) >= 11 is 0. The number of carbonyl (C=O) groups excluding carboxylic acids is 1. The molecule has 5 heteroatoms. The number of benzene rings is 1. The Balaban J connectivity index is 2.48. The summed E-state index contributed by atoms with van der Waals surface area (Å²) < 4.78 is 5.55. The molecule has 0 aliphatic carbocycles. The standard InChI is InChI=1S/C15H21NO4/c1-10(2)9-20-13-6-4-12(5-7-13)8-14(17)16-11(3)15(18)19/h4-7,10-11H,8-9H2,1-3H3,(H,16,17)(H,18,19)/t11-/m1/s1. The number of aliphatic carboxylic acids is 1. The highest BCUT2D eigenvalue weighted by atomic mass is 16.5. The van der Waals surface area contributed by atoms with E-state index in [1.54, 1.807) is 12.1 Å². The van der Waals surface area contributed by atoms with Crippen molar-refractivity contribution in [2.24, 2.45) is 5.92 Å². The van der Waals surface area contributed by atoms with E-state index in [-0.39, 0.29) is 12.3 Å². The van der Waals surface area contributed by atoms with Crippen molar-refractivity contribution >= 4 is 11.9 Å². The van der Waals surface area contributed by atoms with Crippen LogP contribution in [0.2, 0.25) is 0 Å². The van der Waals surface area contributed by atoms with E-state index in [4.69, 9.17) is 9.84 Å². The first-order chi connectivity index (χ1) is 9.38. The molecule has 0 aromatic heterocycles. The maximum Gasteiger partial charge on any atom is 0.325 e. The molecule has 1 aromatic carbocycles. The summed E-state index contributed by atoms with van der Waals surface area (Å²) in [6.07, 6.45) is 0.155. The fourth-order valence-electron chi connectivity index (χ4n) is 1.51. The zero-order valence-electron chi connectivity index (χ0n) is 12.1. The second-order valence-electron chi connectivity index (χ2n) is 5.15. The van der Waals surface area contributed by atoms with Crippen molar-refractivity contribution in [1.82, 2.24) is 5.32 Å². The quantitative estimate of drug-likeness (QED) is 0.798. The second kappa shape index (κ2) is 7.53. The lowest BCUT2D eigenvalue weighted by molar-refractivity contribution is -0.141. The molecule has 0 aliphatic rings. The average Bonchev–Trinajstić information content (AvgIpc) is 2.37. The molecule has 0 spiro atoms. The lowest BCUT2D eigenvalue weighted by Gasteiger charge is -2.10. The van der Waals surface area contributed by atoms with Crippen molar-refractivity contribution < 1.29 is 19.4 Å². The number of rotatable bonds is 7. The van der Waals surface area contributed by atoms with E-state index in [1.165, 1.54) is 6.92 Å². The van der Waals surface area contributed by atoms with E-state index in [9.17, 15) is 9.59 Å². The van der Waals surface area contributed by atoms with E-state index in [0.29, 0.717) is 12.5 Å². The highest BCUT2D eigenvalue weighted by molar-refractivity contribution is 5.84. The molecule has 20 heavy (non-hydrogen) atoms. The number of hydrogen-bond acceptors (Lipinski definition) is 3. The van der Waals surface area contributed by atoms with Gasteiger partial charge in [0, 0.05) is 0 Å². The Morgan fingerprint density at radius 1 is 1.20 bits per heavy atom. The van der Waals surface area contributed by atoms with Crippen molar-refractivity contribution in [2.75, 3.05) is 6.61 Å². The minimum absolute atomic E-state index is 0.155. The summed E-state index contributed by atoms with van der Waals surface area (Å²) in [6.45, 7) is 6.23.